The van der Waals surface area contributed by atoms with Gasteiger partial charge in [0.15, 0.2) is 5.82 Å². The summed E-state index contributed by atoms with van der Waals surface area (Å²) in [7, 11) is 0. The summed E-state index contributed by atoms with van der Waals surface area (Å²) in [5.74, 6) is -2.08. The molecule has 5 heteroatoms. The van der Waals surface area contributed by atoms with Gasteiger partial charge in [0.05, 0.1) is 5.02 Å². The van der Waals surface area contributed by atoms with Gasteiger partial charge in [0.2, 0.25) is 0 Å². The molecule has 3 aromatic carbocycles. The van der Waals surface area contributed by atoms with Gasteiger partial charge in [0.25, 0.3) is 0 Å². The Morgan fingerprint density at radius 1 is 0.739 bits per heavy atom. The Labute approximate surface area is 136 Å². The number of rotatable bonds is 2. The van der Waals surface area contributed by atoms with E-state index in [0.717, 1.165) is 6.07 Å². The van der Waals surface area contributed by atoms with Crippen molar-refractivity contribution in [2.24, 2.45) is 0 Å². The minimum atomic E-state index is -0.868. The topological polar surface area (TPSA) is 40.5 Å². The smallest absolute Gasteiger partial charge is 0.150 e. The van der Waals surface area contributed by atoms with Crippen molar-refractivity contribution < 1.29 is 19.0 Å². The SMILES string of the molecule is Oc1ccccc1-c1c(F)cc(Cl)c(F)c1-c1ccccc1O. The van der Waals surface area contributed by atoms with Crippen molar-refractivity contribution in [2.45, 2.75) is 0 Å². The van der Waals surface area contributed by atoms with E-state index in [4.69, 9.17) is 11.6 Å². The second-order valence-electron chi connectivity index (χ2n) is 4.94. The highest BCUT2D eigenvalue weighted by Gasteiger charge is 2.23. The second kappa shape index (κ2) is 5.89. The van der Waals surface area contributed by atoms with Crippen molar-refractivity contribution in [1.82, 2.24) is 0 Å². The van der Waals surface area contributed by atoms with E-state index in [2.05, 4.69) is 0 Å². The molecule has 0 unspecified atom stereocenters. The van der Waals surface area contributed by atoms with Gasteiger partial charge in [-0.1, -0.05) is 48.0 Å². The summed E-state index contributed by atoms with van der Waals surface area (Å²) in [5, 5.41) is 19.6. The Morgan fingerprint density at radius 3 is 1.74 bits per heavy atom. The Balaban J connectivity index is 2.44. The molecule has 0 aliphatic heterocycles. The van der Waals surface area contributed by atoms with Crippen LogP contribution in [0.5, 0.6) is 11.5 Å². The molecule has 0 saturated carbocycles. The fourth-order valence-corrected chi connectivity index (χ4v) is 2.67. The molecule has 0 atom stereocenters. The molecular formula is C18H11ClF2O2. The monoisotopic (exact) mass is 332 g/mol. The normalized spacial score (nSPS) is 10.7. The molecule has 0 spiro atoms. The minimum absolute atomic E-state index is 0.0876. The number of hydrogen-bond acceptors (Lipinski definition) is 2. The average Bonchev–Trinajstić information content (AvgIpc) is 2.52. The predicted molar refractivity (Wildman–Crippen MR) is 85.6 cm³/mol. The third-order valence-corrected chi connectivity index (χ3v) is 3.79. The molecule has 0 saturated heterocycles. The molecule has 116 valence electrons. The number of para-hydroxylation sites is 2. The fraction of sp³-hybridized carbons (Fsp3) is 0. The Kier molecular flexibility index (Phi) is 3.92. The summed E-state index contributed by atoms with van der Waals surface area (Å²) >= 11 is 5.76. The molecule has 0 radical (unpaired) electrons. The van der Waals surface area contributed by atoms with E-state index < -0.39 is 16.7 Å². The number of halogens is 3. The van der Waals surface area contributed by atoms with Crippen molar-refractivity contribution in [1.29, 1.82) is 0 Å². The number of benzene rings is 3. The van der Waals surface area contributed by atoms with Crippen molar-refractivity contribution in [3.05, 3.63) is 71.3 Å². The van der Waals surface area contributed by atoms with E-state index in [1.54, 1.807) is 24.3 Å². The fourth-order valence-electron chi connectivity index (χ4n) is 2.48. The number of phenols is 2. The van der Waals surface area contributed by atoms with Crippen LogP contribution in [0.3, 0.4) is 0 Å². The molecule has 2 N–H and O–H groups in total. The lowest BCUT2D eigenvalue weighted by atomic mass is 9.92. The van der Waals surface area contributed by atoms with Gasteiger partial charge in [-0.05, 0) is 18.2 Å². The zero-order valence-corrected chi connectivity index (χ0v) is 12.5. The lowest BCUT2D eigenvalue weighted by molar-refractivity contribution is 0.475. The number of phenolic OH excluding ortho intramolecular Hbond substituents is 2. The van der Waals surface area contributed by atoms with Gasteiger partial charge >= 0.3 is 0 Å². The molecule has 0 aromatic heterocycles. The lowest BCUT2D eigenvalue weighted by Gasteiger charge is -2.15. The summed E-state index contributed by atoms with van der Waals surface area (Å²) in [4.78, 5) is 0. The van der Waals surface area contributed by atoms with E-state index >= 15 is 0 Å². The first-order valence-electron chi connectivity index (χ1n) is 6.75. The first-order valence-corrected chi connectivity index (χ1v) is 7.12. The second-order valence-corrected chi connectivity index (χ2v) is 5.35. The number of aromatic hydroxyl groups is 2. The van der Waals surface area contributed by atoms with Gasteiger partial charge in [-0.2, -0.15) is 0 Å². The molecule has 23 heavy (non-hydrogen) atoms. The highest BCUT2D eigenvalue weighted by atomic mass is 35.5. The van der Waals surface area contributed by atoms with Gasteiger partial charge in [0.1, 0.15) is 17.3 Å². The van der Waals surface area contributed by atoms with Gasteiger partial charge < -0.3 is 10.2 Å². The third kappa shape index (κ3) is 2.62. The van der Waals surface area contributed by atoms with Crippen LogP contribution in [0.25, 0.3) is 22.3 Å². The zero-order valence-electron chi connectivity index (χ0n) is 11.7. The molecule has 0 aliphatic carbocycles. The van der Waals surface area contributed by atoms with E-state index in [-0.39, 0.29) is 33.8 Å². The molecule has 0 aliphatic rings. The lowest BCUT2D eigenvalue weighted by Crippen LogP contribution is -1.96. The zero-order chi connectivity index (χ0) is 16.6. The van der Waals surface area contributed by atoms with E-state index in [1.807, 2.05) is 0 Å². The minimum Gasteiger partial charge on any atom is -0.507 e. The quantitative estimate of drug-likeness (QED) is 0.620. The Morgan fingerprint density at radius 2 is 1.22 bits per heavy atom. The average molecular weight is 333 g/mol. The van der Waals surface area contributed by atoms with Gasteiger partial charge in [0, 0.05) is 22.3 Å². The molecule has 0 fully saturated rings. The van der Waals surface area contributed by atoms with Crippen LogP contribution >= 0.6 is 11.6 Å². The van der Waals surface area contributed by atoms with Crippen LogP contribution in [-0.2, 0) is 0 Å². The molecule has 3 aromatic rings. The van der Waals surface area contributed by atoms with Crippen LogP contribution < -0.4 is 0 Å². The summed E-state index contributed by atoms with van der Waals surface area (Å²) in [6.07, 6.45) is 0. The van der Waals surface area contributed by atoms with Gasteiger partial charge in [-0.25, -0.2) is 8.78 Å². The van der Waals surface area contributed by atoms with Crippen LogP contribution in [0.1, 0.15) is 0 Å². The maximum Gasteiger partial charge on any atom is 0.150 e. The highest BCUT2D eigenvalue weighted by molar-refractivity contribution is 6.31. The van der Waals surface area contributed by atoms with Crippen molar-refractivity contribution >= 4 is 11.6 Å². The van der Waals surface area contributed by atoms with Gasteiger partial charge in [-0.15, -0.1) is 0 Å². The molecule has 3 rings (SSSR count). The third-order valence-electron chi connectivity index (χ3n) is 3.52. The predicted octanol–water partition coefficient (Wildman–Crippen LogP) is 5.36. The molecule has 0 amide bonds. The van der Waals surface area contributed by atoms with Crippen molar-refractivity contribution in [3.63, 3.8) is 0 Å². The maximum absolute atomic E-state index is 14.6. The van der Waals surface area contributed by atoms with Crippen LogP contribution in [0.4, 0.5) is 8.78 Å². The largest absolute Gasteiger partial charge is 0.507 e. The van der Waals surface area contributed by atoms with Crippen molar-refractivity contribution in [2.75, 3.05) is 0 Å². The van der Waals surface area contributed by atoms with Gasteiger partial charge in [-0.3, -0.25) is 0 Å². The van der Waals surface area contributed by atoms with Crippen LogP contribution in [0.15, 0.2) is 54.6 Å². The van der Waals surface area contributed by atoms with Crippen molar-refractivity contribution in [3.8, 4) is 33.8 Å². The molecule has 2 nitrogen and oxygen atoms in total. The Hall–Kier alpha value is -2.59. The van der Waals surface area contributed by atoms with Crippen LogP contribution in [0, 0.1) is 11.6 Å². The van der Waals surface area contributed by atoms with E-state index in [1.165, 1.54) is 24.3 Å². The summed E-state index contributed by atoms with van der Waals surface area (Å²) in [6.45, 7) is 0. The summed E-state index contributed by atoms with van der Waals surface area (Å²) < 4.78 is 29.2. The summed E-state index contributed by atoms with van der Waals surface area (Å²) in [5.41, 5.74) is -0.162. The number of hydrogen-bond donors (Lipinski definition) is 2. The molecule has 0 heterocycles. The first-order chi connectivity index (χ1) is 11.0. The van der Waals surface area contributed by atoms with E-state index in [0.29, 0.717) is 0 Å². The van der Waals surface area contributed by atoms with Crippen LogP contribution in [-0.4, -0.2) is 10.2 Å². The Bertz CT molecular complexity index is 894. The van der Waals surface area contributed by atoms with Crippen LogP contribution in [0.2, 0.25) is 5.02 Å². The maximum atomic E-state index is 14.6. The van der Waals surface area contributed by atoms with E-state index in [9.17, 15) is 19.0 Å². The highest BCUT2D eigenvalue weighted by Crippen LogP contribution is 2.44. The molecule has 0 bridgehead atoms. The first kappa shape index (κ1) is 15.3. The molecular weight excluding hydrogens is 322 g/mol. The standard InChI is InChI=1S/C18H11ClF2O2/c19-12-9-13(20)16(10-5-1-3-7-14(10)22)17(18(12)21)11-6-2-4-8-15(11)23/h1-9,22-23H. The summed E-state index contributed by atoms with van der Waals surface area (Å²) in [6, 6.07) is 12.8.